The Kier molecular flexibility index (Phi) is 2.83. The van der Waals surface area contributed by atoms with E-state index in [2.05, 4.69) is 9.84 Å². The minimum absolute atomic E-state index is 0.0270. The molecule has 0 saturated heterocycles. The summed E-state index contributed by atoms with van der Waals surface area (Å²) in [5.41, 5.74) is 0.388. The topological polar surface area (TPSA) is 44.1 Å². The van der Waals surface area contributed by atoms with Crippen molar-refractivity contribution in [3.63, 3.8) is 0 Å². The van der Waals surface area contributed by atoms with Gasteiger partial charge in [0.1, 0.15) is 12.3 Å². The van der Waals surface area contributed by atoms with Crippen molar-refractivity contribution in [2.24, 2.45) is 7.05 Å². The van der Waals surface area contributed by atoms with Crippen LogP contribution in [0.15, 0.2) is 6.20 Å². The summed E-state index contributed by atoms with van der Waals surface area (Å²) in [6, 6.07) is 0. The van der Waals surface area contributed by atoms with Crippen molar-refractivity contribution in [2.45, 2.75) is 0 Å². The summed E-state index contributed by atoms with van der Waals surface area (Å²) in [7, 11) is 3.12. The molecule has 0 fully saturated rings. The van der Waals surface area contributed by atoms with Crippen molar-refractivity contribution in [2.75, 3.05) is 13.7 Å². The molecule has 0 atom stereocenters. The molecule has 0 spiro atoms. The van der Waals surface area contributed by atoms with Gasteiger partial charge in [-0.15, -0.1) is 0 Å². The Bertz CT molecular complexity index is 276. The molecule has 5 heteroatoms. The lowest BCUT2D eigenvalue weighted by atomic mass is 10.3. The number of hydrogen-bond acceptors (Lipinski definition) is 3. The van der Waals surface area contributed by atoms with Gasteiger partial charge in [0.15, 0.2) is 0 Å². The monoisotopic (exact) mass is 188 g/mol. The highest BCUT2D eigenvalue weighted by molar-refractivity contribution is 6.33. The van der Waals surface area contributed by atoms with E-state index in [9.17, 15) is 4.79 Å². The third-order valence-corrected chi connectivity index (χ3v) is 1.71. The van der Waals surface area contributed by atoms with Gasteiger partial charge in [-0.2, -0.15) is 5.10 Å². The number of hydrogen-bond donors (Lipinski definition) is 0. The van der Waals surface area contributed by atoms with Gasteiger partial charge in [-0.05, 0) is 0 Å². The third kappa shape index (κ3) is 1.65. The lowest BCUT2D eigenvalue weighted by Gasteiger charge is -1.99. The van der Waals surface area contributed by atoms with Crippen molar-refractivity contribution < 1.29 is 9.53 Å². The Labute approximate surface area is 75.1 Å². The number of carbonyl (C=O) groups excluding carboxylic acids is 1. The highest BCUT2D eigenvalue weighted by atomic mass is 35.5. The number of halogens is 1. The molecule has 0 amide bonds. The molecule has 12 heavy (non-hydrogen) atoms. The van der Waals surface area contributed by atoms with E-state index >= 15 is 0 Å². The number of methoxy groups -OCH3 is 1. The zero-order valence-corrected chi connectivity index (χ0v) is 7.63. The Balaban J connectivity index is 2.93. The third-order valence-electron chi connectivity index (χ3n) is 1.43. The van der Waals surface area contributed by atoms with Crippen LogP contribution < -0.4 is 0 Å². The van der Waals surface area contributed by atoms with Crippen LogP contribution in [0.2, 0.25) is 5.02 Å². The number of nitrogens with zero attached hydrogens (tertiary/aromatic N) is 2. The lowest BCUT2D eigenvalue weighted by Crippen LogP contribution is -2.12. The normalized spacial score (nSPS) is 10.2. The maximum Gasteiger partial charge on any atom is 0.207 e. The van der Waals surface area contributed by atoms with Crippen LogP contribution in [0.25, 0.3) is 0 Å². The maximum atomic E-state index is 11.3. The molecule has 0 N–H and O–H groups in total. The molecule has 0 aliphatic heterocycles. The first-order chi connectivity index (χ1) is 5.66. The molecule has 0 bridgehead atoms. The molecule has 0 radical (unpaired) electrons. The van der Waals surface area contributed by atoms with Crippen molar-refractivity contribution in [3.05, 3.63) is 16.9 Å². The predicted octanol–water partition coefficient (Wildman–Crippen LogP) is 0.903. The van der Waals surface area contributed by atoms with Crippen LogP contribution >= 0.6 is 11.6 Å². The van der Waals surface area contributed by atoms with Crippen molar-refractivity contribution in [1.29, 1.82) is 0 Å². The van der Waals surface area contributed by atoms with E-state index in [-0.39, 0.29) is 12.4 Å². The summed E-state index contributed by atoms with van der Waals surface area (Å²) < 4.78 is 6.12. The standard InChI is InChI=1S/C7H9ClN2O2/c1-10-7(5(8)3-9-10)6(11)4-12-2/h3H,4H2,1-2H3. The zero-order chi connectivity index (χ0) is 9.14. The lowest BCUT2D eigenvalue weighted by molar-refractivity contribution is 0.0838. The van der Waals surface area contributed by atoms with Crippen LogP contribution in [0, 0.1) is 0 Å². The summed E-state index contributed by atoms with van der Waals surface area (Å²) in [4.78, 5) is 11.3. The molecule has 0 saturated carbocycles. The van der Waals surface area contributed by atoms with Crippen molar-refractivity contribution >= 4 is 17.4 Å². The molecule has 1 aromatic rings. The van der Waals surface area contributed by atoms with E-state index in [0.717, 1.165) is 0 Å². The minimum atomic E-state index is -0.164. The number of ether oxygens (including phenoxy) is 1. The molecule has 0 unspecified atom stereocenters. The van der Waals surface area contributed by atoms with Crippen molar-refractivity contribution in [3.8, 4) is 0 Å². The molecular weight excluding hydrogens is 180 g/mol. The fourth-order valence-electron chi connectivity index (χ4n) is 0.924. The minimum Gasteiger partial charge on any atom is -0.376 e. The number of aromatic nitrogens is 2. The molecule has 1 heterocycles. The summed E-state index contributed by atoms with van der Waals surface area (Å²) in [6.07, 6.45) is 1.43. The molecule has 0 aliphatic rings. The molecule has 1 rings (SSSR count). The molecule has 1 aromatic heterocycles. The fourth-order valence-corrected chi connectivity index (χ4v) is 1.20. The summed E-state index contributed by atoms with van der Waals surface area (Å²) >= 11 is 5.72. The van der Waals surface area contributed by atoms with Gasteiger partial charge in [0.2, 0.25) is 5.78 Å². The first-order valence-electron chi connectivity index (χ1n) is 3.36. The van der Waals surface area contributed by atoms with E-state index in [4.69, 9.17) is 11.6 Å². The van der Waals surface area contributed by atoms with Crippen LogP contribution in [0.4, 0.5) is 0 Å². The van der Waals surface area contributed by atoms with Gasteiger partial charge in [0.25, 0.3) is 0 Å². The smallest absolute Gasteiger partial charge is 0.207 e. The second-order valence-corrected chi connectivity index (χ2v) is 2.73. The van der Waals surface area contributed by atoms with Crippen LogP contribution in [-0.2, 0) is 11.8 Å². The second-order valence-electron chi connectivity index (χ2n) is 2.32. The molecule has 66 valence electrons. The van der Waals surface area contributed by atoms with E-state index < -0.39 is 0 Å². The number of ketones is 1. The Morgan fingerprint density at radius 3 is 2.92 bits per heavy atom. The maximum absolute atomic E-state index is 11.3. The van der Waals surface area contributed by atoms with Gasteiger partial charge < -0.3 is 4.74 Å². The second kappa shape index (κ2) is 3.69. The van der Waals surface area contributed by atoms with Crippen LogP contribution in [0.3, 0.4) is 0 Å². The Morgan fingerprint density at radius 2 is 2.50 bits per heavy atom. The molecule has 4 nitrogen and oxygen atoms in total. The van der Waals surface area contributed by atoms with Gasteiger partial charge in [0.05, 0.1) is 11.2 Å². The Morgan fingerprint density at radius 1 is 1.83 bits per heavy atom. The predicted molar refractivity (Wildman–Crippen MR) is 44.4 cm³/mol. The van der Waals surface area contributed by atoms with E-state index in [1.165, 1.54) is 18.0 Å². The number of aryl methyl sites for hydroxylation is 1. The van der Waals surface area contributed by atoms with E-state index in [1.807, 2.05) is 0 Å². The number of Topliss-reactive ketones (excluding diaryl/α,β-unsaturated/α-hetero) is 1. The zero-order valence-electron chi connectivity index (χ0n) is 6.87. The van der Waals surface area contributed by atoms with Gasteiger partial charge in [-0.1, -0.05) is 11.6 Å². The first kappa shape index (κ1) is 9.22. The van der Waals surface area contributed by atoms with E-state index in [0.29, 0.717) is 10.7 Å². The summed E-state index contributed by atoms with van der Waals surface area (Å²) in [5, 5.41) is 4.19. The average molecular weight is 189 g/mol. The number of carbonyl (C=O) groups is 1. The van der Waals surface area contributed by atoms with E-state index in [1.54, 1.807) is 7.05 Å². The SMILES string of the molecule is COCC(=O)c1c(Cl)cnn1C. The largest absolute Gasteiger partial charge is 0.376 e. The highest BCUT2D eigenvalue weighted by Crippen LogP contribution is 2.14. The van der Waals surface area contributed by atoms with Gasteiger partial charge >= 0.3 is 0 Å². The highest BCUT2D eigenvalue weighted by Gasteiger charge is 2.14. The number of rotatable bonds is 3. The molecule has 0 aliphatic carbocycles. The fraction of sp³-hybridized carbons (Fsp3) is 0.429. The summed E-state index contributed by atoms with van der Waals surface area (Å²) in [5.74, 6) is -0.164. The van der Waals surface area contributed by atoms with Crippen LogP contribution in [0.1, 0.15) is 10.5 Å². The van der Waals surface area contributed by atoms with Gasteiger partial charge in [0, 0.05) is 14.2 Å². The van der Waals surface area contributed by atoms with Crippen molar-refractivity contribution in [1.82, 2.24) is 9.78 Å². The molecular formula is C7H9ClN2O2. The average Bonchev–Trinajstić information content (AvgIpc) is 2.32. The quantitative estimate of drug-likeness (QED) is 0.663. The summed E-state index contributed by atoms with van der Waals surface area (Å²) in [6.45, 7) is 0.0270. The van der Waals surface area contributed by atoms with Crippen LogP contribution in [0.5, 0.6) is 0 Å². The van der Waals surface area contributed by atoms with Crippen LogP contribution in [-0.4, -0.2) is 29.3 Å². The molecule has 0 aromatic carbocycles. The Hall–Kier alpha value is -0.870. The first-order valence-corrected chi connectivity index (χ1v) is 3.74. The van der Waals surface area contributed by atoms with Gasteiger partial charge in [-0.3, -0.25) is 9.48 Å². The van der Waals surface area contributed by atoms with Gasteiger partial charge in [-0.25, -0.2) is 0 Å².